The lowest BCUT2D eigenvalue weighted by molar-refractivity contribution is 0.294. The van der Waals surface area contributed by atoms with Crippen molar-refractivity contribution in [3.05, 3.63) is 0 Å². The van der Waals surface area contributed by atoms with Crippen LogP contribution >= 0.6 is 0 Å². The predicted molar refractivity (Wildman–Crippen MR) is 60.5 cm³/mol. The second kappa shape index (κ2) is 5.72. The number of nitrogens with zero attached hydrogens (tertiary/aromatic N) is 1. The Kier molecular flexibility index (Phi) is 4.26. The summed E-state index contributed by atoms with van der Waals surface area (Å²) in [6.07, 6.45) is 8.60. The van der Waals surface area contributed by atoms with Gasteiger partial charge in [-0.15, -0.1) is 0 Å². The smallest absolute Gasteiger partial charge is 0.00183 e. The van der Waals surface area contributed by atoms with Crippen LogP contribution in [0, 0.1) is 5.92 Å². The number of hydrogen-bond acceptors (Lipinski definition) is 2. The highest BCUT2D eigenvalue weighted by Crippen LogP contribution is 2.17. The molecule has 2 heteroatoms. The van der Waals surface area contributed by atoms with Crippen LogP contribution in [-0.4, -0.2) is 37.6 Å². The minimum atomic E-state index is 0.978. The zero-order chi connectivity index (χ0) is 9.64. The van der Waals surface area contributed by atoms with Gasteiger partial charge in [0.25, 0.3) is 0 Å². The molecule has 2 fully saturated rings. The van der Waals surface area contributed by atoms with E-state index >= 15 is 0 Å². The first-order chi connectivity index (χ1) is 6.95. The van der Waals surface area contributed by atoms with Crippen LogP contribution in [0.3, 0.4) is 0 Å². The zero-order valence-electron chi connectivity index (χ0n) is 9.30. The van der Waals surface area contributed by atoms with Gasteiger partial charge in [-0.3, -0.25) is 0 Å². The van der Waals surface area contributed by atoms with E-state index in [4.69, 9.17) is 0 Å². The summed E-state index contributed by atoms with van der Waals surface area (Å²) < 4.78 is 0. The van der Waals surface area contributed by atoms with E-state index in [9.17, 15) is 0 Å². The quantitative estimate of drug-likeness (QED) is 0.738. The van der Waals surface area contributed by atoms with Crippen molar-refractivity contribution in [2.75, 3.05) is 32.7 Å². The topological polar surface area (TPSA) is 15.3 Å². The first-order valence-electron chi connectivity index (χ1n) is 6.38. The average Bonchev–Trinajstić information content (AvgIpc) is 2.72. The fourth-order valence-corrected chi connectivity index (χ4v) is 2.78. The van der Waals surface area contributed by atoms with Gasteiger partial charge in [-0.25, -0.2) is 0 Å². The molecule has 82 valence electrons. The number of nitrogens with one attached hydrogen (secondary N) is 1. The van der Waals surface area contributed by atoms with Crippen molar-refractivity contribution < 1.29 is 0 Å². The van der Waals surface area contributed by atoms with Crippen molar-refractivity contribution in [3.63, 3.8) is 0 Å². The number of likely N-dealkylation sites (tertiary alicyclic amines) is 1. The second-order valence-electron chi connectivity index (χ2n) is 4.90. The van der Waals surface area contributed by atoms with Gasteiger partial charge in [0.2, 0.25) is 0 Å². The fraction of sp³-hybridized carbons (Fsp3) is 1.00. The van der Waals surface area contributed by atoms with Crippen LogP contribution in [0.25, 0.3) is 0 Å². The summed E-state index contributed by atoms with van der Waals surface area (Å²) >= 11 is 0. The van der Waals surface area contributed by atoms with Crippen LogP contribution in [0.2, 0.25) is 0 Å². The lowest BCUT2D eigenvalue weighted by Gasteiger charge is -2.23. The summed E-state index contributed by atoms with van der Waals surface area (Å²) in [5.74, 6) is 0.978. The van der Waals surface area contributed by atoms with Crippen molar-refractivity contribution in [2.45, 2.75) is 38.5 Å². The molecule has 14 heavy (non-hydrogen) atoms. The van der Waals surface area contributed by atoms with Crippen LogP contribution in [0.1, 0.15) is 38.5 Å². The Morgan fingerprint density at radius 2 is 2.00 bits per heavy atom. The Labute approximate surface area is 88.1 Å². The number of piperidine rings is 1. The van der Waals surface area contributed by atoms with Crippen molar-refractivity contribution in [1.29, 1.82) is 0 Å². The summed E-state index contributed by atoms with van der Waals surface area (Å²) in [5, 5.41) is 3.50. The molecule has 0 spiro atoms. The Balaban J connectivity index is 1.52. The maximum Gasteiger partial charge on any atom is -0.00183 e. The largest absolute Gasteiger partial charge is 0.316 e. The molecule has 2 rings (SSSR count). The van der Waals surface area contributed by atoms with E-state index in [2.05, 4.69) is 10.2 Å². The van der Waals surface area contributed by atoms with Gasteiger partial charge in [-0.05, 0) is 77.2 Å². The molecule has 0 saturated carbocycles. The molecule has 0 aromatic rings. The number of rotatable bonds is 4. The lowest BCUT2D eigenvalue weighted by atomic mass is 9.95. The molecule has 0 aromatic heterocycles. The molecule has 1 unspecified atom stereocenters. The van der Waals surface area contributed by atoms with E-state index in [1.54, 1.807) is 0 Å². The SMILES string of the molecule is C1CNCC(CCCN2CCCC2)C1. The van der Waals surface area contributed by atoms with Crippen LogP contribution < -0.4 is 5.32 Å². The maximum absolute atomic E-state index is 3.50. The first kappa shape index (κ1) is 10.4. The molecular formula is C12H24N2. The van der Waals surface area contributed by atoms with Gasteiger partial charge >= 0.3 is 0 Å². The van der Waals surface area contributed by atoms with Gasteiger partial charge in [0.05, 0.1) is 0 Å². The van der Waals surface area contributed by atoms with Crippen LogP contribution in [0.4, 0.5) is 0 Å². The van der Waals surface area contributed by atoms with Gasteiger partial charge in [-0.1, -0.05) is 0 Å². The zero-order valence-corrected chi connectivity index (χ0v) is 9.30. The minimum absolute atomic E-state index is 0.978. The van der Waals surface area contributed by atoms with Crippen LogP contribution in [-0.2, 0) is 0 Å². The van der Waals surface area contributed by atoms with E-state index in [1.807, 2.05) is 0 Å². The maximum atomic E-state index is 3.50. The predicted octanol–water partition coefficient (Wildman–Crippen LogP) is 1.86. The highest BCUT2D eigenvalue weighted by Gasteiger charge is 2.14. The van der Waals surface area contributed by atoms with Crippen molar-refractivity contribution in [2.24, 2.45) is 5.92 Å². The molecule has 2 aliphatic rings. The molecule has 2 nitrogen and oxygen atoms in total. The highest BCUT2D eigenvalue weighted by atomic mass is 15.1. The first-order valence-corrected chi connectivity index (χ1v) is 6.38. The van der Waals surface area contributed by atoms with E-state index in [1.165, 1.54) is 71.2 Å². The Hall–Kier alpha value is -0.0800. The summed E-state index contributed by atoms with van der Waals surface area (Å²) in [6.45, 7) is 6.62. The van der Waals surface area contributed by atoms with E-state index in [0.717, 1.165) is 5.92 Å². The van der Waals surface area contributed by atoms with Gasteiger partial charge in [-0.2, -0.15) is 0 Å². The molecule has 1 N–H and O–H groups in total. The molecule has 2 heterocycles. The standard InChI is InChI=1S/C12H24N2/c1-2-9-14(8-1)10-4-6-12-5-3-7-13-11-12/h12-13H,1-11H2. The molecule has 0 bridgehead atoms. The monoisotopic (exact) mass is 196 g/mol. The molecule has 0 aliphatic carbocycles. The Bertz CT molecular complexity index is 146. The number of hydrogen-bond donors (Lipinski definition) is 1. The summed E-state index contributed by atoms with van der Waals surface area (Å²) in [6, 6.07) is 0. The summed E-state index contributed by atoms with van der Waals surface area (Å²) in [7, 11) is 0. The Morgan fingerprint density at radius 1 is 1.14 bits per heavy atom. The fourth-order valence-electron chi connectivity index (χ4n) is 2.78. The van der Waals surface area contributed by atoms with Crippen molar-refractivity contribution >= 4 is 0 Å². The second-order valence-corrected chi connectivity index (χ2v) is 4.90. The van der Waals surface area contributed by atoms with E-state index < -0.39 is 0 Å². The summed E-state index contributed by atoms with van der Waals surface area (Å²) in [5.41, 5.74) is 0. The van der Waals surface area contributed by atoms with Crippen LogP contribution in [0.15, 0.2) is 0 Å². The molecule has 2 aliphatic heterocycles. The van der Waals surface area contributed by atoms with Crippen molar-refractivity contribution in [1.82, 2.24) is 10.2 Å². The molecule has 0 aromatic carbocycles. The third-order valence-electron chi connectivity index (χ3n) is 3.68. The van der Waals surface area contributed by atoms with Gasteiger partial charge < -0.3 is 10.2 Å². The van der Waals surface area contributed by atoms with E-state index in [0.29, 0.717) is 0 Å². The molecule has 2 saturated heterocycles. The third-order valence-corrected chi connectivity index (χ3v) is 3.68. The summed E-state index contributed by atoms with van der Waals surface area (Å²) in [4.78, 5) is 2.64. The molecule has 0 radical (unpaired) electrons. The molecule has 1 atom stereocenters. The average molecular weight is 196 g/mol. The minimum Gasteiger partial charge on any atom is -0.316 e. The van der Waals surface area contributed by atoms with Gasteiger partial charge in [0.15, 0.2) is 0 Å². The van der Waals surface area contributed by atoms with Gasteiger partial charge in [0.1, 0.15) is 0 Å². The third kappa shape index (κ3) is 3.25. The molecular weight excluding hydrogens is 172 g/mol. The highest BCUT2D eigenvalue weighted by molar-refractivity contribution is 4.71. The normalized spacial score (nSPS) is 29.6. The van der Waals surface area contributed by atoms with Gasteiger partial charge in [0, 0.05) is 0 Å². The van der Waals surface area contributed by atoms with Crippen LogP contribution in [0.5, 0.6) is 0 Å². The molecule has 0 amide bonds. The van der Waals surface area contributed by atoms with E-state index in [-0.39, 0.29) is 0 Å². The lowest BCUT2D eigenvalue weighted by Crippen LogP contribution is -2.30. The van der Waals surface area contributed by atoms with Crippen molar-refractivity contribution in [3.8, 4) is 0 Å². The Morgan fingerprint density at radius 3 is 2.71 bits per heavy atom.